The van der Waals surface area contributed by atoms with Crippen molar-refractivity contribution in [2.24, 2.45) is 5.73 Å². The van der Waals surface area contributed by atoms with Crippen LogP contribution in [-0.4, -0.2) is 37.4 Å². The van der Waals surface area contributed by atoms with Crippen LogP contribution < -0.4 is 5.73 Å². The zero-order valence-electron chi connectivity index (χ0n) is 13.1. The predicted molar refractivity (Wildman–Crippen MR) is 91.1 cm³/mol. The molecule has 0 saturated heterocycles. The summed E-state index contributed by atoms with van der Waals surface area (Å²) in [6.07, 6.45) is 2.57. The number of nitrogens with two attached hydrogens (primary N) is 1. The van der Waals surface area contributed by atoms with Gasteiger partial charge in [0, 0.05) is 0 Å². The van der Waals surface area contributed by atoms with Crippen molar-refractivity contribution in [2.45, 2.75) is 44.6 Å². The van der Waals surface area contributed by atoms with E-state index < -0.39 is 7.12 Å². The van der Waals surface area contributed by atoms with Crippen LogP contribution in [-0.2, 0) is 0 Å². The van der Waals surface area contributed by atoms with E-state index in [0.29, 0.717) is 25.0 Å². The van der Waals surface area contributed by atoms with Crippen molar-refractivity contribution < 1.29 is 10.0 Å². The number of tetrazole rings is 1. The Kier molecular flexibility index (Phi) is 8.18. The third-order valence-corrected chi connectivity index (χ3v) is 3.73. The fourth-order valence-corrected chi connectivity index (χ4v) is 2.41. The van der Waals surface area contributed by atoms with Crippen LogP contribution in [0.1, 0.15) is 49.7 Å². The van der Waals surface area contributed by atoms with Gasteiger partial charge in [0.15, 0.2) is 5.82 Å². The Labute approximate surface area is 142 Å². The maximum absolute atomic E-state index is 8.83. The van der Waals surface area contributed by atoms with Crippen LogP contribution in [0.3, 0.4) is 0 Å². The van der Waals surface area contributed by atoms with Gasteiger partial charge in [-0.25, -0.2) is 4.68 Å². The fourth-order valence-electron chi connectivity index (χ4n) is 2.41. The second kappa shape index (κ2) is 9.62. The van der Waals surface area contributed by atoms with Gasteiger partial charge in [0.25, 0.3) is 0 Å². The molecule has 1 aromatic carbocycles. The molecule has 1 heterocycles. The largest absolute Gasteiger partial charge is 0.451 e. The molecule has 4 N–H and O–H groups in total. The van der Waals surface area contributed by atoms with Gasteiger partial charge in [-0.1, -0.05) is 43.2 Å². The Balaban J connectivity index is 0.00000264. The maximum atomic E-state index is 8.83. The summed E-state index contributed by atoms with van der Waals surface area (Å²) in [6, 6.07) is 9.74. The monoisotopic (exact) mass is 339 g/mol. The first-order chi connectivity index (χ1) is 10.6. The lowest BCUT2D eigenvalue weighted by molar-refractivity contribution is 0.400. The number of rotatable bonds is 8. The van der Waals surface area contributed by atoms with E-state index in [1.54, 1.807) is 4.68 Å². The van der Waals surface area contributed by atoms with Crippen molar-refractivity contribution >= 4 is 19.5 Å². The minimum Gasteiger partial charge on any atom is -0.427 e. The first-order valence-electron chi connectivity index (χ1n) is 7.54. The van der Waals surface area contributed by atoms with E-state index in [1.807, 2.05) is 37.3 Å². The number of halogens is 1. The maximum Gasteiger partial charge on any atom is 0.451 e. The molecule has 0 amide bonds. The third-order valence-electron chi connectivity index (χ3n) is 3.73. The van der Waals surface area contributed by atoms with Crippen molar-refractivity contribution in [3.8, 4) is 0 Å². The van der Waals surface area contributed by atoms with Crippen LogP contribution in [0.4, 0.5) is 0 Å². The number of benzene rings is 1. The zero-order chi connectivity index (χ0) is 15.9. The first kappa shape index (κ1) is 19.6. The highest BCUT2D eigenvalue weighted by atomic mass is 35.5. The van der Waals surface area contributed by atoms with Crippen molar-refractivity contribution in [3.05, 3.63) is 41.7 Å². The summed E-state index contributed by atoms with van der Waals surface area (Å²) >= 11 is 0. The molecular weight excluding hydrogens is 316 g/mol. The Morgan fingerprint density at radius 3 is 2.57 bits per heavy atom. The molecule has 0 aliphatic heterocycles. The molecule has 0 fully saturated rings. The SMILES string of the molecule is C[C@@H](c1ccccc1)n1nnnc1C(N)CCCCB(O)O.Cl. The smallest absolute Gasteiger partial charge is 0.427 e. The van der Waals surface area contributed by atoms with E-state index in [-0.39, 0.29) is 24.5 Å². The molecular formula is C14H23BClN5O2. The van der Waals surface area contributed by atoms with Gasteiger partial charge in [-0.2, -0.15) is 0 Å². The summed E-state index contributed by atoms with van der Waals surface area (Å²) < 4.78 is 1.75. The van der Waals surface area contributed by atoms with Gasteiger partial charge in [-0.3, -0.25) is 0 Å². The number of hydrogen-bond acceptors (Lipinski definition) is 6. The average molecular weight is 340 g/mol. The topological polar surface area (TPSA) is 110 Å². The van der Waals surface area contributed by atoms with E-state index in [1.165, 1.54) is 0 Å². The molecule has 0 aliphatic rings. The molecule has 9 heteroatoms. The number of hydrogen-bond donors (Lipinski definition) is 3. The highest BCUT2D eigenvalue weighted by molar-refractivity contribution is 6.40. The molecule has 126 valence electrons. The highest BCUT2D eigenvalue weighted by Gasteiger charge is 2.19. The van der Waals surface area contributed by atoms with E-state index in [4.69, 9.17) is 15.8 Å². The first-order valence-corrected chi connectivity index (χ1v) is 7.54. The molecule has 0 saturated carbocycles. The molecule has 0 aliphatic carbocycles. The zero-order valence-corrected chi connectivity index (χ0v) is 13.9. The van der Waals surface area contributed by atoms with Gasteiger partial charge in [0.2, 0.25) is 0 Å². The van der Waals surface area contributed by atoms with Crippen molar-refractivity contribution in [3.63, 3.8) is 0 Å². The summed E-state index contributed by atoms with van der Waals surface area (Å²) in [6.45, 7) is 2.03. The molecule has 0 bridgehead atoms. The Bertz CT molecular complexity index is 569. The minimum atomic E-state index is -1.25. The molecule has 1 unspecified atom stereocenters. The summed E-state index contributed by atoms with van der Waals surface area (Å²) in [5, 5.41) is 29.5. The van der Waals surface area contributed by atoms with Gasteiger partial charge in [-0.15, -0.1) is 17.5 Å². The molecule has 2 rings (SSSR count). The second-order valence-electron chi connectivity index (χ2n) is 5.44. The van der Waals surface area contributed by atoms with E-state index >= 15 is 0 Å². The van der Waals surface area contributed by atoms with Crippen LogP contribution in [0.15, 0.2) is 30.3 Å². The molecule has 2 atom stereocenters. The lowest BCUT2D eigenvalue weighted by atomic mass is 9.83. The van der Waals surface area contributed by atoms with Crippen LogP contribution in [0.5, 0.6) is 0 Å². The third kappa shape index (κ3) is 5.58. The molecule has 0 spiro atoms. The summed E-state index contributed by atoms with van der Waals surface area (Å²) in [7, 11) is -1.25. The Morgan fingerprint density at radius 1 is 1.22 bits per heavy atom. The van der Waals surface area contributed by atoms with Crippen molar-refractivity contribution in [1.29, 1.82) is 0 Å². The molecule has 7 nitrogen and oxygen atoms in total. The number of nitrogens with zero attached hydrogens (tertiary/aromatic N) is 4. The Hall–Kier alpha value is -1.48. The number of unbranched alkanes of at least 4 members (excludes halogenated alkanes) is 1. The quantitative estimate of drug-likeness (QED) is 0.494. The summed E-state index contributed by atoms with van der Waals surface area (Å²) in [5.74, 6) is 0.654. The van der Waals surface area contributed by atoms with Crippen molar-refractivity contribution in [1.82, 2.24) is 20.2 Å². The standard InChI is InChI=1S/C14H22BN5O2.ClH/c1-11(12-7-3-2-4-8-12)20-14(17-18-19-20)13(16)9-5-6-10-15(21)22;/h2-4,7-8,11,13,21-22H,5-6,9-10,16H2,1H3;1H/t11-,13?;/m0./s1. The normalized spacial score (nSPS) is 13.2. The van der Waals surface area contributed by atoms with E-state index in [2.05, 4.69) is 15.5 Å². The van der Waals surface area contributed by atoms with Crippen molar-refractivity contribution in [2.75, 3.05) is 0 Å². The van der Waals surface area contributed by atoms with Crippen LogP contribution in [0.25, 0.3) is 0 Å². The molecule has 1 aromatic heterocycles. The summed E-state index contributed by atoms with van der Waals surface area (Å²) in [5.41, 5.74) is 7.30. The summed E-state index contributed by atoms with van der Waals surface area (Å²) in [4.78, 5) is 0. The van der Waals surface area contributed by atoms with E-state index in [9.17, 15) is 0 Å². The van der Waals surface area contributed by atoms with E-state index in [0.717, 1.165) is 12.0 Å². The Morgan fingerprint density at radius 2 is 1.91 bits per heavy atom. The lowest BCUT2D eigenvalue weighted by Crippen LogP contribution is -2.20. The average Bonchev–Trinajstić information content (AvgIpc) is 3.01. The van der Waals surface area contributed by atoms with Gasteiger partial charge < -0.3 is 15.8 Å². The van der Waals surface area contributed by atoms with Gasteiger partial charge in [0.05, 0.1) is 12.1 Å². The van der Waals surface area contributed by atoms with Gasteiger partial charge in [0.1, 0.15) is 0 Å². The minimum absolute atomic E-state index is 0. The highest BCUT2D eigenvalue weighted by Crippen LogP contribution is 2.22. The molecule has 23 heavy (non-hydrogen) atoms. The number of aromatic nitrogens is 4. The van der Waals surface area contributed by atoms with Crippen LogP contribution >= 0.6 is 12.4 Å². The van der Waals surface area contributed by atoms with Crippen LogP contribution in [0.2, 0.25) is 6.32 Å². The molecule has 2 aromatic rings. The lowest BCUT2D eigenvalue weighted by Gasteiger charge is -2.17. The second-order valence-corrected chi connectivity index (χ2v) is 5.44. The predicted octanol–water partition coefficient (Wildman–Crippen LogP) is 1.35. The fraction of sp³-hybridized carbons (Fsp3) is 0.500. The van der Waals surface area contributed by atoms with Gasteiger partial charge >= 0.3 is 7.12 Å². The van der Waals surface area contributed by atoms with Gasteiger partial charge in [-0.05, 0) is 35.7 Å². The molecule has 0 radical (unpaired) electrons. The van der Waals surface area contributed by atoms with Crippen LogP contribution in [0, 0.1) is 0 Å².